The fraction of sp³-hybridized carbons (Fsp3) is 0.500. The zero-order valence-corrected chi connectivity index (χ0v) is 6.72. The van der Waals surface area contributed by atoms with Crippen LogP contribution < -0.4 is 0 Å². The Hall–Kier alpha value is -0.920. The van der Waals surface area contributed by atoms with E-state index in [1.54, 1.807) is 20.2 Å². The first-order valence-corrected chi connectivity index (χ1v) is 3.35. The van der Waals surface area contributed by atoms with Gasteiger partial charge in [-0.2, -0.15) is 0 Å². The van der Waals surface area contributed by atoms with Gasteiger partial charge in [0.1, 0.15) is 0 Å². The lowest BCUT2D eigenvalue weighted by atomic mass is 10.2. The standard InChI is InChI=1S/C8H13NO/c1-4-5-8(6-9-3)7(2)10/h5-6H,4H2,1-3H3. The van der Waals surface area contributed by atoms with Gasteiger partial charge in [0, 0.05) is 18.8 Å². The monoisotopic (exact) mass is 139 g/mol. The predicted octanol–water partition coefficient (Wildman–Crippen LogP) is 1.61. The van der Waals surface area contributed by atoms with Crippen LogP contribution in [0.1, 0.15) is 20.3 Å². The number of carbonyl (C=O) groups is 1. The van der Waals surface area contributed by atoms with Crippen LogP contribution in [0.25, 0.3) is 0 Å². The fourth-order valence-corrected chi connectivity index (χ4v) is 0.646. The van der Waals surface area contributed by atoms with Crippen molar-refractivity contribution in [3.63, 3.8) is 0 Å². The van der Waals surface area contributed by atoms with Crippen molar-refractivity contribution in [1.82, 2.24) is 0 Å². The minimum atomic E-state index is 0.0763. The van der Waals surface area contributed by atoms with Crippen molar-refractivity contribution in [1.29, 1.82) is 0 Å². The molecule has 0 saturated heterocycles. The highest BCUT2D eigenvalue weighted by atomic mass is 16.1. The normalized spacial score (nSPS) is 12.5. The molecule has 0 aromatic rings. The summed E-state index contributed by atoms with van der Waals surface area (Å²) in [5, 5.41) is 0. The second-order valence-corrected chi connectivity index (χ2v) is 2.01. The summed E-state index contributed by atoms with van der Waals surface area (Å²) in [4.78, 5) is 14.5. The van der Waals surface area contributed by atoms with Gasteiger partial charge in [-0.25, -0.2) is 0 Å². The van der Waals surface area contributed by atoms with Crippen LogP contribution in [-0.4, -0.2) is 19.0 Å². The molecule has 0 fully saturated rings. The maximum atomic E-state index is 10.8. The van der Waals surface area contributed by atoms with E-state index < -0.39 is 0 Å². The van der Waals surface area contributed by atoms with Gasteiger partial charge >= 0.3 is 0 Å². The van der Waals surface area contributed by atoms with E-state index in [0.717, 1.165) is 6.42 Å². The third kappa shape index (κ3) is 3.17. The predicted molar refractivity (Wildman–Crippen MR) is 43.5 cm³/mol. The Morgan fingerprint density at radius 3 is 2.50 bits per heavy atom. The zero-order valence-electron chi connectivity index (χ0n) is 6.72. The molecule has 0 radical (unpaired) electrons. The Labute approximate surface area is 61.7 Å². The molecule has 0 saturated carbocycles. The van der Waals surface area contributed by atoms with Gasteiger partial charge in [-0.05, 0) is 13.3 Å². The largest absolute Gasteiger partial charge is 0.296 e. The number of aliphatic imine (C=N–C) groups is 1. The van der Waals surface area contributed by atoms with Gasteiger partial charge in [-0.3, -0.25) is 9.79 Å². The summed E-state index contributed by atoms with van der Waals surface area (Å²) in [5.74, 6) is 0.0763. The molecule has 0 aromatic carbocycles. The summed E-state index contributed by atoms with van der Waals surface area (Å²) in [6.45, 7) is 3.54. The summed E-state index contributed by atoms with van der Waals surface area (Å²) < 4.78 is 0. The van der Waals surface area contributed by atoms with Crippen LogP contribution in [0.15, 0.2) is 16.6 Å². The van der Waals surface area contributed by atoms with Gasteiger partial charge < -0.3 is 0 Å². The van der Waals surface area contributed by atoms with Crippen LogP contribution in [0, 0.1) is 0 Å². The highest BCUT2D eigenvalue weighted by molar-refractivity contribution is 6.12. The van der Waals surface area contributed by atoms with Crippen LogP contribution in [0.2, 0.25) is 0 Å². The Morgan fingerprint density at radius 1 is 1.60 bits per heavy atom. The zero-order chi connectivity index (χ0) is 7.98. The number of hydrogen-bond acceptors (Lipinski definition) is 2. The lowest BCUT2D eigenvalue weighted by Crippen LogP contribution is -1.97. The number of Topliss-reactive ketones (excluding diaryl/α,β-unsaturated/α-hetero) is 1. The van der Waals surface area contributed by atoms with Crippen LogP contribution in [0.4, 0.5) is 0 Å². The maximum Gasteiger partial charge on any atom is 0.161 e. The molecule has 0 N–H and O–H groups in total. The first-order valence-electron chi connectivity index (χ1n) is 3.35. The summed E-state index contributed by atoms with van der Waals surface area (Å²) in [6, 6.07) is 0. The molecule has 0 aliphatic heterocycles. The molecule has 2 nitrogen and oxygen atoms in total. The van der Waals surface area contributed by atoms with E-state index in [4.69, 9.17) is 0 Å². The quantitative estimate of drug-likeness (QED) is 0.431. The van der Waals surface area contributed by atoms with E-state index in [2.05, 4.69) is 4.99 Å². The third-order valence-corrected chi connectivity index (χ3v) is 1.10. The highest BCUT2D eigenvalue weighted by Gasteiger charge is 1.96. The molecule has 0 amide bonds. The number of carbonyl (C=O) groups excluding carboxylic acids is 1. The van der Waals surface area contributed by atoms with Crippen LogP contribution in [-0.2, 0) is 4.79 Å². The van der Waals surface area contributed by atoms with E-state index >= 15 is 0 Å². The second kappa shape index (κ2) is 4.91. The van der Waals surface area contributed by atoms with Crippen molar-refractivity contribution < 1.29 is 4.79 Å². The Bertz CT molecular complexity index is 168. The van der Waals surface area contributed by atoms with Gasteiger partial charge in [0.25, 0.3) is 0 Å². The summed E-state index contributed by atoms with van der Waals surface area (Å²) in [5.41, 5.74) is 0.699. The second-order valence-electron chi connectivity index (χ2n) is 2.01. The molecule has 0 aromatic heterocycles. The van der Waals surface area contributed by atoms with E-state index in [-0.39, 0.29) is 5.78 Å². The SMILES string of the molecule is CCC=C(C=NC)C(C)=O. The fourth-order valence-electron chi connectivity index (χ4n) is 0.646. The first-order chi connectivity index (χ1) is 4.72. The molecule has 0 rings (SSSR count). The summed E-state index contributed by atoms with van der Waals surface area (Å²) >= 11 is 0. The maximum absolute atomic E-state index is 10.8. The van der Waals surface area contributed by atoms with Crippen molar-refractivity contribution >= 4 is 12.0 Å². The lowest BCUT2D eigenvalue weighted by molar-refractivity contribution is -0.113. The number of rotatable bonds is 3. The molecule has 56 valence electrons. The van der Waals surface area contributed by atoms with E-state index in [9.17, 15) is 4.79 Å². The van der Waals surface area contributed by atoms with Crippen molar-refractivity contribution in [3.05, 3.63) is 11.6 Å². The lowest BCUT2D eigenvalue weighted by Gasteiger charge is -1.91. The molecule has 0 heterocycles. The van der Waals surface area contributed by atoms with Crippen LogP contribution >= 0.6 is 0 Å². The summed E-state index contributed by atoms with van der Waals surface area (Å²) in [6.07, 6.45) is 4.34. The Kier molecular flexibility index (Phi) is 4.46. The van der Waals surface area contributed by atoms with Gasteiger partial charge in [0.2, 0.25) is 0 Å². The first kappa shape index (κ1) is 9.08. The topological polar surface area (TPSA) is 29.4 Å². The van der Waals surface area contributed by atoms with E-state index in [0.29, 0.717) is 5.57 Å². The van der Waals surface area contributed by atoms with Crippen molar-refractivity contribution in [2.24, 2.45) is 4.99 Å². The number of ketones is 1. The van der Waals surface area contributed by atoms with Crippen molar-refractivity contribution in [2.45, 2.75) is 20.3 Å². The Balaban J connectivity index is 4.26. The summed E-state index contributed by atoms with van der Waals surface area (Å²) in [7, 11) is 1.66. The van der Waals surface area contributed by atoms with Gasteiger partial charge in [-0.1, -0.05) is 13.0 Å². The minimum absolute atomic E-state index is 0.0763. The average Bonchev–Trinajstić information content (AvgIpc) is 1.87. The van der Waals surface area contributed by atoms with Crippen molar-refractivity contribution in [3.8, 4) is 0 Å². The molecule has 10 heavy (non-hydrogen) atoms. The minimum Gasteiger partial charge on any atom is -0.296 e. The van der Waals surface area contributed by atoms with Crippen LogP contribution in [0.3, 0.4) is 0 Å². The molecular formula is C8H13NO. The highest BCUT2D eigenvalue weighted by Crippen LogP contribution is 1.94. The molecule has 0 unspecified atom stereocenters. The molecule has 0 atom stereocenters. The van der Waals surface area contributed by atoms with E-state index in [1.165, 1.54) is 0 Å². The Morgan fingerprint density at radius 2 is 2.20 bits per heavy atom. The van der Waals surface area contributed by atoms with Crippen molar-refractivity contribution in [2.75, 3.05) is 7.05 Å². The average molecular weight is 139 g/mol. The van der Waals surface area contributed by atoms with Crippen LogP contribution in [0.5, 0.6) is 0 Å². The number of allylic oxidation sites excluding steroid dienone is 2. The smallest absolute Gasteiger partial charge is 0.161 e. The van der Waals surface area contributed by atoms with Gasteiger partial charge in [0.15, 0.2) is 5.78 Å². The molecule has 0 aliphatic carbocycles. The van der Waals surface area contributed by atoms with Gasteiger partial charge in [-0.15, -0.1) is 0 Å². The molecule has 0 aliphatic rings. The van der Waals surface area contributed by atoms with Gasteiger partial charge in [0.05, 0.1) is 0 Å². The number of nitrogens with zero attached hydrogens (tertiary/aromatic N) is 1. The molecule has 0 spiro atoms. The van der Waals surface area contributed by atoms with E-state index in [1.807, 2.05) is 13.0 Å². The molecular weight excluding hydrogens is 126 g/mol. The molecule has 0 bridgehead atoms. The number of hydrogen-bond donors (Lipinski definition) is 0. The molecule has 2 heteroatoms. The third-order valence-electron chi connectivity index (χ3n) is 1.10.